The molecule has 1 aliphatic heterocycles. The van der Waals surface area contributed by atoms with E-state index in [-0.39, 0.29) is 24.0 Å². The Morgan fingerprint density at radius 1 is 1.36 bits per heavy atom. The molecule has 0 N–H and O–H groups in total. The minimum atomic E-state index is -3.72. The lowest BCUT2D eigenvalue weighted by Gasteiger charge is -2.30. The van der Waals surface area contributed by atoms with E-state index in [1.165, 1.54) is 22.5 Å². The van der Waals surface area contributed by atoms with Crippen LogP contribution in [0.2, 0.25) is 5.02 Å². The molecule has 0 amide bonds. The molecule has 1 aliphatic rings. The summed E-state index contributed by atoms with van der Waals surface area (Å²) in [4.78, 5) is 12.1. The number of sulfonamides is 1. The number of ether oxygens (including phenoxy) is 2. The largest absolute Gasteiger partial charge is 0.492 e. The Bertz CT molecular complexity index is 707. The third-order valence-electron chi connectivity index (χ3n) is 4.01. The molecule has 1 heterocycles. The number of rotatable bonds is 7. The zero-order valence-corrected chi connectivity index (χ0v) is 16.1. The van der Waals surface area contributed by atoms with Crippen LogP contribution in [0.3, 0.4) is 0 Å². The summed E-state index contributed by atoms with van der Waals surface area (Å²) in [6, 6.07) is 4.43. The molecular weight excluding hydrogens is 366 g/mol. The molecule has 0 aromatic heterocycles. The van der Waals surface area contributed by atoms with Crippen molar-refractivity contribution in [2.45, 2.75) is 38.0 Å². The molecule has 0 aliphatic carbocycles. The number of piperidine rings is 1. The van der Waals surface area contributed by atoms with E-state index in [1.54, 1.807) is 6.92 Å². The third kappa shape index (κ3) is 4.86. The number of hydrogen-bond acceptors (Lipinski definition) is 5. The molecule has 140 valence electrons. The summed E-state index contributed by atoms with van der Waals surface area (Å²) < 4.78 is 37.7. The summed E-state index contributed by atoms with van der Waals surface area (Å²) in [5.74, 6) is -0.416. The second-order valence-electron chi connectivity index (χ2n) is 5.89. The molecule has 8 heteroatoms. The van der Waals surface area contributed by atoms with Crippen LogP contribution in [0.1, 0.15) is 33.1 Å². The Kier molecular flexibility index (Phi) is 7.10. The van der Waals surface area contributed by atoms with Gasteiger partial charge in [0.15, 0.2) is 0 Å². The first kappa shape index (κ1) is 20.0. The highest BCUT2D eigenvalue weighted by atomic mass is 35.5. The first-order valence-electron chi connectivity index (χ1n) is 8.49. The minimum Gasteiger partial charge on any atom is -0.492 e. The minimum absolute atomic E-state index is 0.118. The summed E-state index contributed by atoms with van der Waals surface area (Å²) in [5, 5.41) is 0.371. The normalized spacial score (nSPS) is 18.8. The highest BCUT2D eigenvalue weighted by Crippen LogP contribution is 2.31. The van der Waals surface area contributed by atoms with Gasteiger partial charge in [-0.2, -0.15) is 4.31 Å². The van der Waals surface area contributed by atoms with Gasteiger partial charge in [-0.15, -0.1) is 0 Å². The predicted molar refractivity (Wildman–Crippen MR) is 95.4 cm³/mol. The third-order valence-corrected chi connectivity index (χ3v) is 6.18. The molecule has 1 atom stereocenters. The molecule has 1 aromatic rings. The van der Waals surface area contributed by atoms with E-state index in [9.17, 15) is 13.2 Å². The number of carbonyl (C=O) groups is 1. The van der Waals surface area contributed by atoms with Crippen LogP contribution in [0.4, 0.5) is 0 Å². The Morgan fingerprint density at radius 2 is 2.12 bits per heavy atom. The molecule has 0 radical (unpaired) electrons. The van der Waals surface area contributed by atoms with Crippen LogP contribution in [0, 0.1) is 5.92 Å². The second-order valence-corrected chi connectivity index (χ2v) is 8.24. The van der Waals surface area contributed by atoms with Crippen LogP contribution in [0.5, 0.6) is 5.75 Å². The van der Waals surface area contributed by atoms with E-state index in [2.05, 4.69) is 0 Å². The van der Waals surface area contributed by atoms with Gasteiger partial charge in [0, 0.05) is 19.2 Å². The predicted octanol–water partition coefficient (Wildman–Crippen LogP) is 3.09. The molecule has 0 bridgehead atoms. The summed E-state index contributed by atoms with van der Waals surface area (Å²) >= 11 is 6.07. The Balaban J connectivity index is 2.21. The van der Waals surface area contributed by atoms with Crippen molar-refractivity contribution in [3.63, 3.8) is 0 Å². The van der Waals surface area contributed by atoms with E-state index in [4.69, 9.17) is 21.1 Å². The fourth-order valence-corrected chi connectivity index (χ4v) is 4.44. The maximum atomic E-state index is 12.9. The molecule has 2 rings (SSSR count). The lowest BCUT2D eigenvalue weighted by molar-refractivity contribution is -0.149. The molecule has 0 saturated carbocycles. The average Bonchev–Trinajstić information content (AvgIpc) is 2.61. The van der Waals surface area contributed by atoms with Crippen molar-refractivity contribution in [2.24, 2.45) is 5.92 Å². The number of carbonyl (C=O) groups excluding carboxylic acids is 1. The van der Waals surface area contributed by atoms with Crippen LogP contribution >= 0.6 is 11.6 Å². The fraction of sp³-hybridized carbons (Fsp3) is 0.588. The van der Waals surface area contributed by atoms with Crippen molar-refractivity contribution in [1.82, 2.24) is 4.31 Å². The Morgan fingerprint density at radius 3 is 2.80 bits per heavy atom. The van der Waals surface area contributed by atoms with Gasteiger partial charge >= 0.3 is 5.97 Å². The SMILES string of the molecule is CCCOc1cc(S(=O)(=O)N2CCCC(C(=O)OCC)C2)ccc1Cl. The number of esters is 1. The quantitative estimate of drug-likeness (QED) is 0.670. The zero-order valence-electron chi connectivity index (χ0n) is 14.5. The number of hydrogen-bond donors (Lipinski definition) is 0. The second kappa shape index (κ2) is 8.87. The van der Waals surface area contributed by atoms with E-state index in [1.807, 2.05) is 6.92 Å². The lowest BCUT2D eigenvalue weighted by atomic mass is 10.0. The van der Waals surface area contributed by atoms with Crippen molar-refractivity contribution in [3.8, 4) is 5.75 Å². The molecule has 25 heavy (non-hydrogen) atoms. The monoisotopic (exact) mass is 389 g/mol. The first-order valence-corrected chi connectivity index (χ1v) is 10.3. The lowest BCUT2D eigenvalue weighted by Crippen LogP contribution is -2.42. The van der Waals surface area contributed by atoms with Gasteiger partial charge in [-0.25, -0.2) is 8.42 Å². The van der Waals surface area contributed by atoms with Gasteiger partial charge in [0.1, 0.15) is 5.75 Å². The van der Waals surface area contributed by atoms with Crippen molar-refractivity contribution in [2.75, 3.05) is 26.3 Å². The highest BCUT2D eigenvalue weighted by molar-refractivity contribution is 7.89. The summed E-state index contributed by atoms with van der Waals surface area (Å²) in [6.45, 7) is 4.95. The molecule has 1 fully saturated rings. The summed E-state index contributed by atoms with van der Waals surface area (Å²) in [6.07, 6.45) is 2.05. The van der Waals surface area contributed by atoms with E-state index >= 15 is 0 Å². The van der Waals surface area contributed by atoms with Crippen molar-refractivity contribution in [1.29, 1.82) is 0 Å². The highest BCUT2D eigenvalue weighted by Gasteiger charge is 2.34. The van der Waals surface area contributed by atoms with Gasteiger partial charge in [0.2, 0.25) is 10.0 Å². The number of benzene rings is 1. The smallest absolute Gasteiger partial charge is 0.310 e. The van der Waals surface area contributed by atoms with Crippen LogP contribution in [-0.4, -0.2) is 45.0 Å². The van der Waals surface area contributed by atoms with Gasteiger partial charge < -0.3 is 9.47 Å². The van der Waals surface area contributed by atoms with Crippen LogP contribution in [0.15, 0.2) is 23.1 Å². The molecule has 1 unspecified atom stereocenters. The van der Waals surface area contributed by atoms with Crippen LogP contribution in [-0.2, 0) is 19.6 Å². The maximum absolute atomic E-state index is 12.9. The van der Waals surface area contributed by atoms with Crippen LogP contribution < -0.4 is 4.74 Å². The van der Waals surface area contributed by atoms with E-state index in [0.717, 1.165) is 6.42 Å². The standard InChI is InChI=1S/C17H24ClNO5S/c1-3-10-24-16-11-14(7-8-15(16)18)25(21,22)19-9-5-6-13(12-19)17(20)23-4-2/h7-8,11,13H,3-6,9-10,12H2,1-2H3. The van der Waals surface area contributed by atoms with Crippen molar-refractivity contribution < 1.29 is 22.7 Å². The zero-order chi connectivity index (χ0) is 18.4. The molecule has 0 spiro atoms. The number of halogens is 1. The fourth-order valence-electron chi connectivity index (χ4n) is 2.73. The van der Waals surface area contributed by atoms with E-state index < -0.39 is 15.9 Å². The Hall–Kier alpha value is -1.31. The molecule has 6 nitrogen and oxygen atoms in total. The topological polar surface area (TPSA) is 72.9 Å². The van der Waals surface area contributed by atoms with Crippen molar-refractivity contribution in [3.05, 3.63) is 23.2 Å². The van der Waals surface area contributed by atoms with Crippen molar-refractivity contribution >= 4 is 27.6 Å². The van der Waals surface area contributed by atoms with Crippen LogP contribution in [0.25, 0.3) is 0 Å². The van der Waals surface area contributed by atoms with Gasteiger partial charge in [0.25, 0.3) is 0 Å². The molecule has 1 saturated heterocycles. The first-order chi connectivity index (χ1) is 11.9. The Labute approximate surface area is 154 Å². The average molecular weight is 390 g/mol. The maximum Gasteiger partial charge on any atom is 0.310 e. The summed E-state index contributed by atoms with van der Waals surface area (Å²) in [7, 11) is -3.72. The summed E-state index contributed by atoms with van der Waals surface area (Å²) in [5.41, 5.74) is 0. The van der Waals surface area contributed by atoms with E-state index in [0.29, 0.717) is 36.8 Å². The number of nitrogens with zero attached hydrogens (tertiary/aromatic N) is 1. The van der Waals surface area contributed by atoms with Gasteiger partial charge in [-0.05, 0) is 38.3 Å². The van der Waals surface area contributed by atoms with Gasteiger partial charge in [0.05, 0.1) is 29.0 Å². The van der Waals surface area contributed by atoms with Gasteiger partial charge in [-0.1, -0.05) is 18.5 Å². The van der Waals surface area contributed by atoms with Gasteiger partial charge in [-0.3, -0.25) is 4.79 Å². The molecule has 1 aromatic carbocycles. The molecular formula is C17H24ClNO5S.